The number of carboxylic acid groups (broad SMARTS) is 2. The lowest BCUT2D eigenvalue weighted by molar-refractivity contribution is -0.142. The molecule has 0 aliphatic carbocycles. The summed E-state index contributed by atoms with van der Waals surface area (Å²) >= 11 is 0. The molecule has 2 heterocycles. The molecule has 2 unspecified atom stereocenters. The number of nitrogens with zero attached hydrogens (tertiary/aromatic N) is 2. The molecule has 2 N–H and O–H groups in total. The predicted octanol–water partition coefficient (Wildman–Crippen LogP) is 4.66. The normalized spacial score (nSPS) is 16.3. The van der Waals surface area contributed by atoms with Crippen LogP contribution in [0.3, 0.4) is 0 Å². The van der Waals surface area contributed by atoms with Crippen LogP contribution in [-0.2, 0) is 9.59 Å². The summed E-state index contributed by atoms with van der Waals surface area (Å²) in [7, 11) is 0. The number of amides is 4. The highest BCUT2D eigenvalue weighted by molar-refractivity contribution is 6.41. The van der Waals surface area contributed by atoms with Crippen LogP contribution in [0.15, 0.2) is 48.5 Å². The van der Waals surface area contributed by atoms with Gasteiger partial charge < -0.3 is 10.2 Å². The van der Waals surface area contributed by atoms with Gasteiger partial charge in [-0.3, -0.25) is 29.0 Å². The average molecular weight is 563 g/mol. The van der Waals surface area contributed by atoms with Crippen molar-refractivity contribution in [1.29, 1.82) is 0 Å². The van der Waals surface area contributed by atoms with E-state index >= 15 is 0 Å². The van der Waals surface area contributed by atoms with E-state index in [9.17, 15) is 39.0 Å². The van der Waals surface area contributed by atoms with Gasteiger partial charge >= 0.3 is 11.9 Å². The van der Waals surface area contributed by atoms with E-state index in [0.717, 1.165) is 9.80 Å². The number of carbonyl (C=O) groups is 6. The van der Waals surface area contributed by atoms with Crippen LogP contribution >= 0.6 is 0 Å². The van der Waals surface area contributed by atoms with Gasteiger partial charge in [0.2, 0.25) is 0 Å². The third kappa shape index (κ3) is 2.98. The van der Waals surface area contributed by atoms with Crippen LogP contribution in [0.2, 0.25) is 0 Å². The molecule has 0 saturated carbocycles. The first-order chi connectivity index (χ1) is 20.1. The Morgan fingerprint density at radius 2 is 0.786 bits per heavy atom. The smallest absolute Gasteiger partial charge is 0.326 e. The lowest BCUT2D eigenvalue weighted by atomic mass is 9.82. The first-order valence-electron chi connectivity index (χ1n) is 13.5. The molecule has 0 saturated heterocycles. The lowest BCUT2D eigenvalue weighted by Crippen LogP contribution is -2.50. The minimum Gasteiger partial charge on any atom is -0.480 e. The van der Waals surface area contributed by atoms with E-state index in [1.54, 1.807) is 62.4 Å². The Hall–Kier alpha value is -5.38. The molecule has 2 atom stereocenters. The Kier molecular flexibility index (Phi) is 5.21. The SMILES string of the molecule is CCC(C(=O)O)N1C(=O)c2ccc3c4ccc5c6c(ccc(c7ccc(c2c37)C1=O)c64)C(=O)N(C(CC)C(=O)O)C5=O. The fourth-order valence-corrected chi connectivity index (χ4v) is 6.81. The van der Waals surface area contributed by atoms with Crippen LogP contribution in [0.25, 0.3) is 43.1 Å². The summed E-state index contributed by atoms with van der Waals surface area (Å²) in [5.74, 6) is -5.25. The van der Waals surface area contributed by atoms with Crippen molar-refractivity contribution in [3.63, 3.8) is 0 Å². The standard InChI is InChI=1S/C32H22N2O8/c1-3-21(31(39)40)33-27(35)17-9-5-13-15-7-11-19-26-20(30(38)34(29(19)37)22(4-2)32(41)42)12-8-16(24(15)26)14-6-10-18(28(33)36)25(17)23(13)14/h5-12,21-22H,3-4H2,1-2H3,(H,39,40)(H,41,42). The number of imide groups is 2. The van der Waals surface area contributed by atoms with Crippen LogP contribution in [0.5, 0.6) is 0 Å². The minimum atomic E-state index is -1.31. The summed E-state index contributed by atoms with van der Waals surface area (Å²) in [6, 6.07) is 10.7. The number of hydrogen-bond donors (Lipinski definition) is 2. The molecule has 208 valence electrons. The van der Waals surface area contributed by atoms with Gasteiger partial charge in [0.25, 0.3) is 23.6 Å². The quantitative estimate of drug-likeness (QED) is 0.172. The molecular formula is C32H22N2O8. The zero-order chi connectivity index (χ0) is 29.8. The van der Waals surface area contributed by atoms with Crippen LogP contribution in [0, 0.1) is 0 Å². The minimum absolute atomic E-state index is 0.0574. The highest BCUT2D eigenvalue weighted by Crippen LogP contribution is 2.46. The number of carboxylic acids is 2. The van der Waals surface area contributed by atoms with Crippen molar-refractivity contribution >= 4 is 78.7 Å². The van der Waals surface area contributed by atoms with Crippen LogP contribution in [0.4, 0.5) is 0 Å². The number of benzene rings is 5. The number of rotatable bonds is 6. The van der Waals surface area contributed by atoms with Crippen molar-refractivity contribution in [3.05, 3.63) is 70.8 Å². The van der Waals surface area contributed by atoms with Gasteiger partial charge in [-0.1, -0.05) is 38.1 Å². The van der Waals surface area contributed by atoms with Gasteiger partial charge in [0.15, 0.2) is 0 Å². The number of hydrogen-bond acceptors (Lipinski definition) is 6. The number of fused-ring (bicyclic) bond motifs is 2. The molecule has 10 nitrogen and oxygen atoms in total. The van der Waals surface area contributed by atoms with Crippen molar-refractivity contribution in [3.8, 4) is 0 Å². The van der Waals surface area contributed by atoms with Crippen molar-refractivity contribution < 1.29 is 39.0 Å². The Labute approximate surface area is 237 Å². The second-order valence-corrected chi connectivity index (χ2v) is 10.6. The summed E-state index contributed by atoms with van der Waals surface area (Å²) in [4.78, 5) is 79.7. The topological polar surface area (TPSA) is 149 Å². The van der Waals surface area contributed by atoms with E-state index in [0.29, 0.717) is 43.1 Å². The maximum atomic E-state index is 13.6. The van der Waals surface area contributed by atoms with Gasteiger partial charge in [-0.25, -0.2) is 9.59 Å². The Balaban J connectivity index is 1.54. The zero-order valence-corrected chi connectivity index (χ0v) is 22.4. The molecule has 0 radical (unpaired) electrons. The van der Waals surface area contributed by atoms with Gasteiger partial charge in [-0.2, -0.15) is 0 Å². The van der Waals surface area contributed by atoms with Gasteiger partial charge in [0, 0.05) is 33.0 Å². The second-order valence-electron chi connectivity index (χ2n) is 10.6. The molecule has 42 heavy (non-hydrogen) atoms. The number of aliphatic carboxylic acids is 2. The fraction of sp³-hybridized carbons (Fsp3) is 0.188. The largest absolute Gasteiger partial charge is 0.480 e. The van der Waals surface area contributed by atoms with Crippen molar-refractivity contribution in [2.45, 2.75) is 38.8 Å². The molecule has 2 aliphatic rings. The van der Waals surface area contributed by atoms with E-state index in [2.05, 4.69) is 0 Å². The summed E-state index contributed by atoms with van der Waals surface area (Å²) in [5, 5.41) is 24.3. The maximum Gasteiger partial charge on any atom is 0.326 e. The van der Waals surface area contributed by atoms with Crippen molar-refractivity contribution in [2.75, 3.05) is 0 Å². The molecule has 0 fully saturated rings. The molecule has 10 heteroatoms. The van der Waals surface area contributed by atoms with E-state index in [4.69, 9.17) is 0 Å². The molecule has 5 aromatic rings. The fourth-order valence-electron chi connectivity index (χ4n) is 6.81. The lowest BCUT2D eigenvalue weighted by Gasteiger charge is -2.33. The summed E-state index contributed by atoms with van der Waals surface area (Å²) in [6.45, 7) is 3.20. The van der Waals surface area contributed by atoms with Gasteiger partial charge in [-0.15, -0.1) is 0 Å². The molecular weight excluding hydrogens is 540 g/mol. The molecule has 0 spiro atoms. The number of carbonyl (C=O) groups excluding carboxylic acids is 4. The monoisotopic (exact) mass is 562 g/mol. The highest BCUT2D eigenvalue weighted by atomic mass is 16.4. The first kappa shape index (κ1) is 25.6. The first-order valence-corrected chi connectivity index (χ1v) is 13.5. The zero-order valence-electron chi connectivity index (χ0n) is 22.4. The molecule has 2 aliphatic heterocycles. The molecule has 0 aromatic heterocycles. The van der Waals surface area contributed by atoms with Crippen LogP contribution in [0.1, 0.15) is 68.1 Å². The predicted molar refractivity (Wildman–Crippen MR) is 152 cm³/mol. The van der Waals surface area contributed by atoms with Crippen molar-refractivity contribution in [2.24, 2.45) is 0 Å². The third-order valence-electron chi connectivity index (χ3n) is 8.67. The second kappa shape index (κ2) is 8.56. The molecule has 4 amide bonds. The Bertz CT molecular complexity index is 1860. The summed E-state index contributed by atoms with van der Waals surface area (Å²) in [6.07, 6.45) is 0.115. The van der Waals surface area contributed by atoms with E-state index < -0.39 is 47.7 Å². The Morgan fingerprint density at radius 1 is 0.524 bits per heavy atom. The van der Waals surface area contributed by atoms with E-state index in [1.807, 2.05) is 0 Å². The van der Waals surface area contributed by atoms with Gasteiger partial charge in [0.1, 0.15) is 12.1 Å². The average Bonchev–Trinajstić information content (AvgIpc) is 2.97. The molecule has 0 bridgehead atoms. The van der Waals surface area contributed by atoms with Crippen LogP contribution in [-0.4, -0.2) is 67.7 Å². The Morgan fingerprint density at radius 3 is 1.00 bits per heavy atom. The van der Waals surface area contributed by atoms with E-state index in [1.165, 1.54) is 0 Å². The van der Waals surface area contributed by atoms with E-state index in [-0.39, 0.29) is 35.1 Å². The van der Waals surface area contributed by atoms with Gasteiger partial charge in [-0.05, 0) is 69.4 Å². The molecule has 5 aromatic carbocycles. The molecule has 7 rings (SSSR count). The third-order valence-corrected chi connectivity index (χ3v) is 8.67. The van der Waals surface area contributed by atoms with Crippen LogP contribution < -0.4 is 0 Å². The van der Waals surface area contributed by atoms with Crippen molar-refractivity contribution in [1.82, 2.24) is 9.80 Å². The summed E-state index contributed by atoms with van der Waals surface area (Å²) < 4.78 is 0. The summed E-state index contributed by atoms with van der Waals surface area (Å²) in [5.41, 5.74) is 0.886. The maximum absolute atomic E-state index is 13.6. The highest BCUT2D eigenvalue weighted by Gasteiger charge is 2.42. The van der Waals surface area contributed by atoms with Gasteiger partial charge in [0.05, 0.1) is 0 Å².